The average molecular weight is 329 g/mol. The van der Waals surface area contributed by atoms with Crippen LogP contribution in [-0.4, -0.2) is 39.9 Å². The molecule has 4 N–H and O–H groups in total. The normalized spacial score (nSPS) is 23.4. The quantitative estimate of drug-likeness (QED) is 0.733. The molecule has 1 aliphatic heterocycles. The third kappa shape index (κ3) is 2.65. The van der Waals surface area contributed by atoms with Crippen LogP contribution in [0, 0.1) is 6.92 Å². The van der Waals surface area contributed by atoms with Gasteiger partial charge >= 0.3 is 0 Å². The van der Waals surface area contributed by atoms with E-state index in [4.69, 9.17) is 5.73 Å². The topological polar surface area (TPSA) is 94.1 Å². The second-order valence-electron chi connectivity index (χ2n) is 6.60. The molecule has 0 bridgehead atoms. The van der Waals surface area contributed by atoms with E-state index in [1.165, 1.54) is 4.68 Å². The van der Waals surface area contributed by atoms with Crippen LogP contribution in [-0.2, 0) is 7.05 Å². The lowest BCUT2D eigenvalue weighted by Gasteiger charge is -2.26. The van der Waals surface area contributed by atoms with Crippen molar-refractivity contribution in [3.63, 3.8) is 0 Å². The van der Waals surface area contributed by atoms with Crippen molar-refractivity contribution in [2.45, 2.75) is 25.4 Å². The van der Waals surface area contributed by atoms with Crippen molar-refractivity contribution in [3.05, 3.63) is 51.9 Å². The maximum absolute atomic E-state index is 12.8. The number of hydrogen-bond donors (Lipinski definition) is 3. The molecule has 7 heteroatoms. The summed E-state index contributed by atoms with van der Waals surface area (Å²) in [6.07, 6.45) is 0. The molecule has 1 aromatic heterocycles. The van der Waals surface area contributed by atoms with Crippen molar-refractivity contribution >= 4 is 5.91 Å². The van der Waals surface area contributed by atoms with E-state index in [1.807, 2.05) is 37.3 Å². The Labute approximate surface area is 140 Å². The first kappa shape index (κ1) is 16.5. The van der Waals surface area contributed by atoms with Crippen molar-refractivity contribution in [2.75, 3.05) is 13.1 Å². The van der Waals surface area contributed by atoms with E-state index >= 15 is 0 Å². The largest absolute Gasteiger partial charge is 0.346 e. The third-order valence-electron chi connectivity index (χ3n) is 4.74. The van der Waals surface area contributed by atoms with Crippen LogP contribution >= 0.6 is 0 Å². The fourth-order valence-corrected chi connectivity index (χ4v) is 3.12. The molecule has 0 radical (unpaired) electrons. The van der Waals surface area contributed by atoms with Gasteiger partial charge < -0.3 is 16.4 Å². The smallest absolute Gasteiger partial charge is 0.284 e. The van der Waals surface area contributed by atoms with Crippen molar-refractivity contribution < 1.29 is 4.79 Å². The molecule has 1 saturated heterocycles. The van der Waals surface area contributed by atoms with Gasteiger partial charge in [0.1, 0.15) is 5.56 Å². The van der Waals surface area contributed by atoms with Gasteiger partial charge in [-0.25, -0.2) is 4.68 Å². The Kier molecular flexibility index (Phi) is 4.06. The fraction of sp³-hybridized carbons (Fsp3) is 0.412. The number of carbonyl (C=O) groups is 1. The summed E-state index contributed by atoms with van der Waals surface area (Å²) in [4.78, 5) is 25.5. The number of amides is 1. The molecule has 1 fully saturated rings. The summed E-state index contributed by atoms with van der Waals surface area (Å²) in [5.41, 5.74) is 6.82. The van der Waals surface area contributed by atoms with Crippen LogP contribution in [0.2, 0.25) is 0 Å². The highest BCUT2D eigenvalue weighted by Gasteiger charge is 2.37. The van der Waals surface area contributed by atoms with E-state index in [1.54, 1.807) is 18.7 Å². The van der Waals surface area contributed by atoms with Crippen LogP contribution in [0.4, 0.5) is 0 Å². The molecule has 1 amide bonds. The summed E-state index contributed by atoms with van der Waals surface area (Å²) < 4.78 is 3.19. The zero-order chi connectivity index (χ0) is 17.5. The SMILES string of the molecule is Cc1c(C(=O)NC2CNCC2(C)N)c(=O)n(-c2ccccc2)n1C. The van der Waals surface area contributed by atoms with Gasteiger partial charge in [-0.15, -0.1) is 0 Å². The molecule has 1 aliphatic rings. The highest BCUT2D eigenvalue weighted by atomic mass is 16.2. The predicted octanol–water partition coefficient (Wildman–Crippen LogP) is -0.0966. The highest BCUT2D eigenvalue weighted by Crippen LogP contribution is 2.14. The number of rotatable bonds is 3. The first-order chi connectivity index (χ1) is 11.3. The minimum atomic E-state index is -0.531. The Morgan fingerprint density at radius 1 is 1.38 bits per heavy atom. The number of nitrogens with one attached hydrogen (secondary N) is 2. The van der Waals surface area contributed by atoms with Crippen LogP contribution < -0.4 is 21.9 Å². The molecule has 7 nitrogen and oxygen atoms in total. The first-order valence-corrected chi connectivity index (χ1v) is 7.97. The molecule has 1 aromatic carbocycles. The van der Waals surface area contributed by atoms with Crippen molar-refractivity contribution in [3.8, 4) is 5.69 Å². The highest BCUT2D eigenvalue weighted by molar-refractivity contribution is 5.95. The van der Waals surface area contributed by atoms with Crippen LogP contribution in [0.1, 0.15) is 23.0 Å². The predicted molar refractivity (Wildman–Crippen MR) is 92.5 cm³/mol. The summed E-state index contributed by atoms with van der Waals surface area (Å²) in [6.45, 7) is 4.87. The van der Waals surface area contributed by atoms with Gasteiger partial charge in [0, 0.05) is 25.7 Å². The maximum Gasteiger partial charge on any atom is 0.284 e. The van der Waals surface area contributed by atoms with Gasteiger partial charge in [0.15, 0.2) is 0 Å². The molecule has 2 aromatic rings. The van der Waals surface area contributed by atoms with Crippen LogP contribution in [0.5, 0.6) is 0 Å². The molecule has 2 atom stereocenters. The van der Waals surface area contributed by atoms with E-state index in [0.29, 0.717) is 18.8 Å². The standard InChI is InChI=1S/C17H23N5O2/c1-11-14(15(23)20-13-9-19-10-17(13,2)18)16(24)22(21(11)3)12-7-5-4-6-8-12/h4-8,13,19H,9-10,18H2,1-3H3,(H,20,23). The number of hydrogen-bond acceptors (Lipinski definition) is 4. The molecule has 24 heavy (non-hydrogen) atoms. The second kappa shape index (κ2) is 5.92. The fourth-order valence-electron chi connectivity index (χ4n) is 3.12. The Morgan fingerprint density at radius 3 is 2.62 bits per heavy atom. The lowest BCUT2D eigenvalue weighted by atomic mass is 9.97. The average Bonchev–Trinajstić information content (AvgIpc) is 2.97. The van der Waals surface area contributed by atoms with E-state index in [2.05, 4.69) is 10.6 Å². The van der Waals surface area contributed by atoms with Crippen molar-refractivity contribution in [1.29, 1.82) is 0 Å². The summed E-state index contributed by atoms with van der Waals surface area (Å²) in [7, 11) is 1.77. The minimum absolute atomic E-state index is 0.157. The van der Waals surface area contributed by atoms with Gasteiger partial charge in [-0.3, -0.25) is 14.3 Å². The summed E-state index contributed by atoms with van der Waals surface area (Å²) >= 11 is 0. The zero-order valence-corrected chi connectivity index (χ0v) is 14.2. The molecule has 3 rings (SSSR count). The van der Waals surface area contributed by atoms with E-state index in [-0.39, 0.29) is 23.1 Å². The molecule has 2 heterocycles. The van der Waals surface area contributed by atoms with Gasteiger partial charge in [0.2, 0.25) is 0 Å². The number of para-hydroxylation sites is 1. The summed E-state index contributed by atoms with van der Waals surface area (Å²) in [5.74, 6) is -0.381. The Hall–Kier alpha value is -2.38. The van der Waals surface area contributed by atoms with Crippen LogP contribution in [0.25, 0.3) is 5.69 Å². The lowest BCUT2D eigenvalue weighted by Crippen LogP contribution is -2.56. The van der Waals surface area contributed by atoms with Gasteiger partial charge in [-0.05, 0) is 26.0 Å². The molecule has 0 saturated carbocycles. The number of carbonyl (C=O) groups excluding carboxylic acids is 1. The van der Waals surface area contributed by atoms with E-state index < -0.39 is 5.54 Å². The van der Waals surface area contributed by atoms with Gasteiger partial charge in [0.25, 0.3) is 11.5 Å². The molecule has 2 unspecified atom stereocenters. The van der Waals surface area contributed by atoms with Crippen molar-refractivity contribution in [2.24, 2.45) is 12.8 Å². The number of nitrogens with zero attached hydrogens (tertiary/aromatic N) is 2. The first-order valence-electron chi connectivity index (χ1n) is 7.97. The van der Waals surface area contributed by atoms with Gasteiger partial charge in [-0.2, -0.15) is 0 Å². The molecular formula is C17H23N5O2. The third-order valence-corrected chi connectivity index (χ3v) is 4.74. The monoisotopic (exact) mass is 329 g/mol. The molecular weight excluding hydrogens is 306 g/mol. The Balaban J connectivity index is 1.98. The Bertz CT molecular complexity index is 819. The second-order valence-corrected chi connectivity index (χ2v) is 6.60. The van der Waals surface area contributed by atoms with E-state index in [9.17, 15) is 9.59 Å². The van der Waals surface area contributed by atoms with Crippen molar-refractivity contribution in [1.82, 2.24) is 20.0 Å². The van der Waals surface area contributed by atoms with Gasteiger partial charge in [0.05, 0.1) is 17.4 Å². The zero-order valence-electron chi connectivity index (χ0n) is 14.2. The molecule has 0 aliphatic carbocycles. The van der Waals surface area contributed by atoms with E-state index in [0.717, 1.165) is 5.69 Å². The van der Waals surface area contributed by atoms with Crippen LogP contribution in [0.3, 0.4) is 0 Å². The summed E-state index contributed by atoms with van der Waals surface area (Å²) in [6, 6.07) is 9.05. The maximum atomic E-state index is 12.8. The number of benzene rings is 1. The Morgan fingerprint density at radius 2 is 2.04 bits per heavy atom. The minimum Gasteiger partial charge on any atom is -0.346 e. The molecule has 128 valence electrons. The molecule has 0 spiro atoms. The number of aromatic nitrogens is 2. The van der Waals surface area contributed by atoms with Gasteiger partial charge in [-0.1, -0.05) is 18.2 Å². The van der Waals surface area contributed by atoms with Crippen LogP contribution in [0.15, 0.2) is 35.1 Å². The summed E-state index contributed by atoms with van der Waals surface area (Å²) in [5, 5.41) is 6.07. The number of nitrogens with two attached hydrogens (primary N) is 1. The lowest BCUT2D eigenvalue weighted by molar-refractivity contribution is 0.0926.